The molecule has 0 unspecified atom stereocenters. The average molecular weight is 174 g/mol. The third-order valence-corrected chi connectivity index (χ3v) is 1.10. The number of methoxy groups -OCH3 is 1. The van der Waals surface area contributed by atoms with Crippen LogP contribution < -0.4 is 10.6 Å². The zero-order valence-corrected chi connectivity index (χ0v) is 7.35. The van der Waals surface area contributed by atoms with Crippen molar-refractivity contribution in [2.45, 2.75) is 6.92 Å². The molecule has 0 aliphatic heterocycles. The fourth-order valence-electron chi connectivity index (χ4n) is 0.621. The predicted molar refractivity (Wildman–Crippen MR) is 43.6 cm³/mol. The van der Waals surface area contributed by atoms with Gasteiger partial charge in [0.05, 0.1) is 6.54 Å². The smallest absolute Gasteiger partial charge is 0.246 e. The van der Waals surface area contributed by atoms with Crippen LogP contribution in [0.5, 0.6) is 0 Å². The lowest BCUT2D eigenvalue weighted by molar-refractivity contribution is -0.128. The van der Waals surface area contributed by atoms with Crippen LogP contribution in [0.1, 0.15) is 6.92 Å². The lowest BCUT2D eigenvalue weighted by Crippen LogP contribution is -2.38. The summed E-state index contributed by atoms with van der Waals surface area (Å²) in [5.74, 6) is -0.481. The summed E-state index contributed by atoms with van der Waals surface area (Å²) in [5, 5.41) is 4.94. The summed E-state index contributed by atoms with van der Waals surface area (Å²) in [6.07, 6.45) is 0. The Morgan fingerprint density at radius 3 is 2.42 bits per heavy atom. The van der Waals surface area contributed by atoms with Gasteiger partial charge in [-0.2, -0.15) is 0 Å². The summed E-state index contributed by atoms with van der Waals surface area (Å²) < 4.78 is 4.55. The molecule has 0 bridgehead atoms. The third-order valence-electron chi connectivity index (χ3n) is 1.10. The first-order valence-corrected chi connectivity index (χ1v) is 3.73. The van der Waals surface area contributed by atoms with E-state index in [4.69, 9.17) is 0 Å². The summed E-state index contributed by atoms with van der Waals surface area (Å²) in [7, 11) is 1.42. The SMILES string of the molecule is CCNC(=O)CNC(=O)COC. The third kappa shape index (κ3) is 5.67. The number of amides is 2. The number of carbonyl (C=O) groups excluding carboxylic acids is 2. The van der Waals surface area contributed by atoms with Crippen LogP contribution in [0.15, 0.2) is 0 Å². The maximum Gasteiger partial charge on any atom is 0.246 e. The van der Waals surface area contributed by atoms with Crippen molar-refractivity contribution in [3.05, 3.63) is 0 Å². The molecule has 0 fully saturated rings. The van der Waals surface area contributed by atoms with Crippen LogP contribution in [0.4, 0.5) is 0 Å². The molecule has 0 aromatic carbocycles. The fraction of sp³-hybridized carbons (Fsp3) is 0.714. The Labute approximate surface area is 71.5 Å². The molecule has 0 radical (unpaired) electrons. The summed E-state index contributed by atoms with van der Waals surface area (Å²) in [5.41, 5.74) is 0. The van der Waals surface area contributed by atoms with Crippen LogP contribution >= 0.6 is 0 Å². The standard InChI is InChI=1S/C7H14N2O3/c1-3-8-6(10)4-9-7(11)5-12-2/h3-5H2,1-2H3,(H,8,10)(H,9,11). The van der Waals surface area contributed by atoms with Crippen LogP contribution in [-0.4, -0.2) is 38.6 Å². The topological polar surface area (TPSA) is 67.4 Å². The molecule has 0 spiro atoms. The summed E-state index contributed by atoms with van der Waals surface area (Å²) in [6.45, 7) is 2.38. The van der Waals surface area contributed by atoms with E-state index in [0.717, 1.165) is 0 Å². The highest BCUT2D eigenvalue weighted by Crippen LogP contribution is 1.69. The van der Waals surface area contributed by atoms with Crippen molar-refractivity contribution in [1.29, 1.82) is 0 Å². The molecule has 70 valence electrons. The van der Waals surface area contributed by atoms with Gasteiger partial charge in [-0.25, -0.2) is 0 Å². The van der Waals surface area contributed by atoms with Crippen LogP contribution in [0.25, 0.3) is 0 Å². The van der Waals surface area contributed by atoms with Gasteiger partial charge >= 0.3 is 0 Å². The molecule has 0 aliphatic carbocycles. The number of carbonyl (C=O) groups is 2. The minimum absolute atomic E-state index is 0.00995. The summed E-state index contributed by atoms with van der Waals surface area (Å²) >= 11 is 0. The van der Waals surface area contributed by atoms with Gasteiger partial charge < -0.3 is 15.4 Å². The Morgan fingerprint density at radius 1 is 1.25 bits per heavy atom. The zero-order chi connectivity index (χ0) is 9.40. The highest BCUT2D eigenvalue weighted by molar-refractivity contribution is 5.85. The normalized spacial score (nSPS) is 9.17. The number of hydrogen-bond acceptors (Lipinski definition) is 3. The lowest BCUT2D eigenvalue weighted by atomic mass is 10.5. The lowest BCUT2D eigenvalue weighted by Gasteiger charge is -2.03. The van der Waals surface area contributed by atoms with E-state index in [1.807, 2.05) is 6.92 Å². The number of ether oxygens (including phenoxy) is 1. The molecule has 12 heavy (non-hydrogen) atoms. The molecular formula is C7H14N2O3. The predicted octanol–water partition coefficient (Wildman–Crippen LogP) is -1.11. The Kier molecular flexibility index (Phi) is 6.00. The molecule has 5 nitrogen and oxygen atoms in total. The highest BCUT2D eigenvalue weighted by atomic mass is 16.5. The van der Waals surface area contributed by atoms with E-state index in [9.17, 15) is 9.59 Å². The van der Waals surface area contributed by atoms with Crippen molar-refractivity contribution >= 4 is 11.8 Å². The summed E-state index contributed by atoms with van der Waals surface area (Å²) in [6, 6.07) is 0. The van der Waals surface area contributed by atoms with Gasteiger partial charge in [0.25, 0.3) is 0 Å². The quantitative estimate of drug-likeness (QED) is 0.555. The van der Waals surface area contributed by atoms with Crippen molar-refractivity contribution in [2.24, 2.45) is 0 Å². The molecule has 5 heteroatoms. The second-order valence-electron chi connectivity index (χ2n) is 2.16. The van der Waals surface area contributed by atoms with Gasteiger partial charge in [0.1, 0.15) is 6.61 Å². The van der Waals surface area contributed by atoms with Crippen molar-refractivity contribution in [3.8, 4) is 0 Å². The average Bonchev–Trinajstić information content (AvgIpc) is 2.02. The first kappa shape index (κ1) is 10.9. The van der Waals surface area contributed by atoms with Crippen LogP contribution in [-0.2, 0) is 14.3 Å². The molecule has 0 rings (SSSR count). The van der Waals surface area contributed by atoms with E-state index >= 15 is 0 Å². The molecule has 2 amide bonds. The van der Waals surface area contributed by atoms with Gasteiger partial charge in [-0.15, -0.1) is 0 Å². The molecule has 2 N–H and O–H groups in total. The molecule has 0 saturated carbocycles. The van der Waals surface area contributed by atoms with E-state index in [1.54, 1.807) is 0 Å². The number of rotatable bonds is 5. The van der Waals surface area contributed by atoms with Gasteiger partial charge in [-0.05, 0) is 6.92 Å². The monoisotopic (exact) mass is 174 g/mol. The van der Waals surface area contributed by atoms with Crippen LogP contribution in [0, 0.1) is 0 Å². The zero-order valence-electron chi connectivity index (χ0n) is 7.35. The van der Waals surface area contributed by atoms with Gasteiger partial charge in [0.2, 0.25) is 11.8 Å². The largest absolute Gasteiger partial charge is 0.375 e. The molecule has 0 heterocycles. The minimum Gasteiger partial charge on any atom is -0.375 e. The van der Waals surface area contributed by atoms with E-state index < -0.39 is 0 Å². The molecule has 0 saturated heterocycles. The van der Waals surface area contributed by atoms with Crippen molar-refractivity contribution in [2.75, 3.05) is 26.8 Å². The maximum atomic E-state index is 10.8. The van der Waals surface area contributed by atoms with Gasteiger partial charge in [-0.3, -0.25) is 9.59 Å². The van der Waals surface area contributed by atoms with Crippen LogP contribution in [0.3, 0.4) is 0 Å². The van der Waals surface area contributed by atoms with Crippen molar-refractivity contribution < 1.29 is 14.3 Å². The van der Waals surface area contributed by atoms with Crippen molar-refractivity contribution in [3.63, 3.8) is 0 Å². The van der Waals surface area contributed by atoms with E-state index in [-0.39, 0.29) is 25.0 Å². The number of nitrogens with one attached hydrogen (secondary N) is 2. The Bertz CT molecular complexity index is 141. The Hall–Kier alpha value is -1.10. The first-order chi connectivity index (χ1) is 5.70. The first-order valence-electron chi connectivity index (χ1n) is 3.73. The van der Waals surface area contributed by atoms with E-state index in [0.29, 0.717) is 6.54 Å². The fourth-order valence-corrected chi connectivity index (χ4v) is 0.621. The van der Waals surface area contributed by atoms with Gasteiger partial charge in [0, 0.05) is 13.7 Å². The Morgan fingerprint density at radius 2 is 1.92 bits per heavy atom. The molecular weight excluding hydrogens is 160 g/mol. The number of hydrogen-bond donors (Lipinski definition) is 2. The molecule has 0 aromatic heterocycles. The highest BCUT2D eigenvalue weighted by Gasteiger charge is 2.02. The van der Waals surface area contributed by atoms with E-state index in [1.165, 1.54) is 7.11 Å². The maximum absolute atomic E-state index is 10.8. The van der Waals surface area contributed by atoms with E-state index in [2.05, 4.69) is 15.4 Å². The second-order valence-corrected chi connectivity index (χ2v) is 2.16. The van der Waals surface area contributed by atoms with Gasteiger partial charge in [0.15, 0.2) is 0 Å². The van der Waals surface area contributed by atoms with Crippen molar-refractivity contribution in [1.82, 2.24) is 10.6 Å². The van der Waals surface area contributed by atoms with Crippen LogP contribution in [0.2, 0.25) is 0 Å². The Balaban J connectivity index is 3.40. The molecule has 0 aromatic rings. The second kappa shape index (κ2) is 6.60. The minimum atomic E-state index is -0.288. The van der Waals surface area contributed by atoms with Gasteiger partial charge in [-0.1, -0.05) is 0 Å². The number of likely N-dealkylation sites (N-methyl/N-ethyl adjacent to an activating group) is 1. The summed E-state index contributed by atoms with van der Waals surface area (Å²) in [4.78, 5) is 21.5. The molecule has 0 aliphatic rings. The molecule has 0 atom stereocenters.